The molecule has 1 aromatic heterocycles. The SMILES string of the molecule is Nc1sc([N+](=O)[O-])cc1C(=O)Oc1ccccc1. The Hall–Kier alpha value is -2.41. The first kappa shape index (κ1) is 12.1. The van der Waals surface area contributed by atoms with Gasteiger partial charge in [-0.1, -0.05) is 18.2 Å². The van der Waals surface area contributed by atoms with Crippen LogP contribution in [-0.2, 0) is 0 Å². The van der Waals surface area contributed by atoms with Gasteiger partial charge in [-0.15, -0.1) is 0 Å². The number of ether oxygens (including phenoxy) is 1. The van der Waals surface area contributed by atoms with E-state index in [2.05, 4.69) is 0 Å². The third-order valence-corrected chi connectivity index (χ3v) is 3.02. The Morgan fingerprint density at radius 2 is 2.00 bits per heavy atom. The minimum Gasteiger partial charge on any atom is -0.423 e. The number of nitrogens with zero attached hydrogens (tertiary/aromatic N) is 1. The summed E-state index contributed by atoms with van der Waals surface area (Å²) in [5.41, 5.74) is 5.56. The van der Waals surface area contributed by atoms with Crippen molar-refractivity contribution in [2.45, 2.75) is 0 Å². The summed E-state index contributed by atoms with van der Waals surface area (Å²) in [7, 11) is 0. The average molecular weight is 264 g/mol. The van der Waals surface area contributed by atoms with E-state index in [0.717, 1.165) is 17.4 Å². The first-order valence-electron chi connectivity index (χ1n) is 4.89. The minimum atomic E-state index is -0.706. The molecular formula is C11H8N2O4S. The zero-order chi connectivity index (χ0) is 13.1. The van der Waals surface area contributed by atoms with Crippen LogP contribution in [-0.4, -0.2) is 10.9 Å². The van der Waals surface area contributed by atoms with Gasteiger partial charge in [0.25, 0.3) is 0 Å². The highest BCUT2D eigenvalue weighted by Gasteiger charge is 2.21. The molecule has 6 nitrogen and oxygen atoms in total. The molecule has 2 rings (SSSR count). The van der Waals surface area contributed by atoms with E-state index in [-0.39, 0.29) is 15.6 Å². The third kappa shape index (κ3) is 2.46. The first-order valence-corrected chi connectivity index (χ1v) is 5.70. The number of carbonyl (C=O) groups is 1. The van der Waals surface area contributed by atoms with Gasteiger partial charge in [0.15, 0.2) is 0 Å². The van der Waals surface area contributed by atoms with Crippen molar-refractivity contribution in [1.29, 1.82) is 0 Å². The number of thiophene rings is 1. The maximum Gasteiger partial charge on any atom is 0.346 e. The number of anilines is 1. The predicted molar refractivity (Wildman–Crippen MR) is 66.8 cm³/mol. The number of benzene rings is 1. The minimum absolute atomic E-state index is 0.00977. The fraction of sp³-hybridized carbons (Fsp3) is 0. The van der Waals surface area contributed by atoms with Crippen LogP contribution in [0, 0.1) is 10.1 Å². The molecule has 2 aromatic rings. The number of nitrogen functional groups attached to an aromatic ring is 1. The molecule has 0 saturated carbocycles. The van der Waals surface area contributed by atoms with Gasteiger partial charge in [0.05, 0.1) is 4.92 Å². The molecule has 0 aliphatic rings. The maximum atomic E-state index is 11.8. The summed E-state index contributed by atoms with van der Waals surface area (Å²) in [6, 6.07) is 9.53. The van der Waals surface area contributed by atoms with Crippen LogP contribution >= 0.6 is 11.3 Å². The zero-order valence-electron chi connectivity index (χ0n) is 9.03. The summed E-state index contributed by atoms with van der Waals surface area (Å²) >= 11 is 0.739. The smallest absolute Gasteiger partial charge is 0.346 e. The fourth-order valence-electron chi connectivity index (χ4n) is 1.29. The molecule has 0 amide bonds. The van der Waals surface area contributed by atoms with E-state index < -0.39 is 10.9 Å². The number of hydrogen-bond donors (Lipinski definition) is 1. The van der Waals surface area contributed by atoms with E-state index in [1.807, 2.05) is 0 Å². The summed E-state index contributed by atoms with van der Waals surface area (Å²) in [4.78, 5) is 21.7. The number of carbonyl (C=O) groups excluding carboxylic acids is 1. The molecule has 0 aliphatic carbocycles. The molecule has 0 fully saturated rings. The van der Waals surface area contributed by atoms with Crippen LogP contribution in [0.1, 0.15) is 10.4 Å². The lowest BCUT2D eigenvalue weighted by Crippen LogP contribution is -2.09. The van der Waals surface area contributed by atoms with Crippen LogP contribution in [0.4, 0.5) is 10.0 Å². The Morgan fingerprint density at radius 3 is 2.56 bits per heavy atom. The van der Waals surface area contributed by atoms with Crippen LogP contribution in [0.5, 0.6) is 5.75 Å². The molecule has 2 N–H and O–H groups in total. The van der Waals surface area contributed by atoms with Crippen molar-refractivity contribution in [3.63, 3.8) is 0 Å². The van der Waals surface area contributed by atoms with Crippen molar-refractivity contribution in [2.75, 3.05) is 5.73 Å². The number of rotatable bonds is 3. The Bertz CT molecular complexity index is 594. The van der Waals surface area contributed by atoms with Gasteiger partial charge in [0.2, 0.25) is 0 Å². The largest absolute Gasteiger partial charge is 0.423 e. The van der Waals surface area contributed by atoms with Gasteiger partial charge in [0.1, 0.15) is 16.3 Å². The molecule has 92 valence electrons. The van der Waals surface area contributed by atoms with Gasteiger partial charge in [-0.25, -0.2) is 4.79 Å². The van der Waals surface area contributed by atoms with Crippen LogP contribution in [0.15, 0.2) is 36.4 Å². The molecule has 0 unspecified atom stereocenters. The van der Waals surface area contributed by atoms with E-state index in [9.17, 15) is 14.9 Å². The molecule has 1 aromatic carbocycles. The number of hydrogen-bond acceptors (Lipinski definition) is 6. The summed E-state index contributed by atoms with van der Waals surface area (Å²) in [5.74, 6) is -0.348. The first-order chi connectivity index (χ1) is 8.58. The molecule has 0 atom stereocenters. The Balaban J connectivity index is 2.22. The van der Waals surface area contributed by atoms with Crippen molar-refractivity contribution in [3.8, 4) is 5.75 Å². The highest BCUT2D eigenvalue weighted by molar-refractivity contribution is 7.19. The van der Waals surface area contributed by atoms with Gasteiger partial charge in [-0.05, 0) is 23.5 Å². The van der Waals surface area contributed by atoms with Crippen molar-refractivity contribution in [2.24, 2.45) is 0 Å². The van der Waals surface area contributed by atoms with Gasteiger partial charge < -0.3 is 10.5 Å². The third-order valence-electron chi connectivity index (χ3n) is 2.10. The van der Waals surface area contributed by atoms with Crippen LogP contribution in [0.2, 0.25) is 0 Å². The van der Waals surface area contributed by atoms with Crippen molar-refractivity contribution < 1.29 is 14.5 Å². The second kappa shape index (κ2) is 4.84. The predicted octanol–water partition coefficient (Wildman–Crippen LogP) is 2.46. The quantitative estimate of drug-likeness (QED) is 0.397. The summed E-state index contributed by atoms with van der Waals surface area (Å²) < 4.78 is 5.04. The van der Waals surface area contributed by atoms with Crippen LogP contribution in [0.3, 0.4) is 0 Å². The van der Waals surface area contributed by atoms with Crippen LogP contribution < -0.4 is 10.5 Å². The fourth-order valence-corrected chi connectivity index (χ4v) is 2.02. The average Bonchev–Trinajstić information content (AvgIpc) is 2.73. The molecular weight excluding hydrogens is 256 g/mol. The second-order valence-electron chi connectivity index (χ2n) is 3.32. The van der Waals surface area contributed by atoms with Gasteiger partial charge in [0, 0.05) is 6.07 Å². The second-order valence-corrected chi connectivity index (χ2v) is 4.38. The van der Waals surface area contributed by atoms with Crippen LogP contribution in [0.25, 0.3) is 0 Å². The normalized spacial score (nSPS) is 10.0. The number of esters is 1. The molecule has 0 bridgehead atoms. The molecule has 0 radical (unpaired) electrons. The monoisotopic (exact) mass is 264 g/mol. The summed E-state index contributed by atoms with van der Waals surface area (Å²) in [5, 5.41) is 10.4. The highest BCUT2D eigenvalue weighted by Crippen LogP contribution is 2.31. The van der Waals surface area contributed by atoms with Gasteiger partial charge >= 0.3 is 11.0 Å². The standard InChI is InChI=1S/C11H8N2O4S/c12-10-8(6-9(18-10)13(15)16)11(14)17-7-4-2-1-3-5-7/h1-6H,12H2. The molecule has 18 heavy (non-hydrogen) atoms. The summed E-state index contributed by atoms with van der Waals surface area (Å²) in [6.07, 6.45) is 0. The van der Waals surface area contributed by atoms with E-state index in [0.29, 0.717) is 5.75 Å². The molecule has 0 saturated heterocycles. The molecule has 7 heteroatoms. The molecule has 0 aliphatic heterocycles. The number of para-hydroxylation sites is 1. The number of nitrogens with two attached hydrogens (primary N) is 1. The number of nitro groups is 1. The zero-order valence-corrected chi connectivity index (χ0v) is 9.85. The lowest BCUT2D eigenvalue weighted by Gasteiger charge is -2.02. The lowest BCUT2D eigenvalue weighted by molar-refractivity contribution is -0.380. The Kier molecular flexibility index (Phi) is 3.24. The van der Waals surface area contributed by atoms with E-state index >= 15 is 0 Å². The molecule has 1 heterocycles. The van der Waals surface area contributed by atoms with Crippen molar-refractivity contribution >= 4 is 27.3 Å². The van der Waals surface area contributed by atoms with Crippen molar-refractivity contribution in [3.05, 3.63) is 52.1 Å². The lowest BCUT2D eigenvalue weighted by atomic mass is 10.3. The van der Waals surface area contributed by atoms with Gasteiger partial charge in [-0.2, -0.15) is 0 Å². The Labute approximate surface area is 106 Å². The Morgan fingerprint density at radius 1 is 1.33 bits per heavy atom. The van der Waals surface area contributed by atoms with E-state index in [4.69, 9.17) is 10.5 Å². The van der Waals surface area contributed by atoms with E-state index in [1.54, 1.807) is 30.3 Å². The molecule has 0 spiro atoms. The topological polar surface area (TPSA) is 95.5 Å². The highest BCUT2D eigenvalue weighted by atomic mass is 32.1. The summed E-state index contributed by atoms with van der Waals surface area (Å²) in [6.45, 7) is 0. The van der Waals surface area contributed by atoms with Crippen molar-refractivity contribution in [1.82, 2.24) is 0 Å². The van der Waals surface area contributed by atoms with Gasteiger partial charge in [-0.3, -0.25) is 10.1 Å². The maximum absolute atomic E-state index is 11.8. The van der Waals surface area contributed by atoms with E-state index in [1.165, 1.54) is 0 Å².